The van der Waals surface area contributed by atoms with Gasteiger partial charge >= 0.3 is 5.97 Å². The van der Waals surface area contributed by atoms with Crippen LogP contribution in [0, 0.1) is 23.7 Å². The number of amides is 5. The van der Waals surface area contributed by atoms with E-state index in [9.17, 15) is 28.8 Å². The lowest BCUT2D eigenvalue weighted by Gasteiger charge is -2.26. The molecule has 3 aliphatic heterocycles. The fourth-order valence-corrected chi connectivity index (χ4v) is 6.72. The highest BCUT2D eigenvalue weighted by atomic mass is 16.7. The molecule has 1 N–H and O–H groups in total. The molecular weight excluding hydrogens is 733 g/mol. The summed E-state index contributed by atoms with van der Waals surface area (Å²) in [4.78, 5) is 80.8. The summed E-state index contributed by atoms with van der Waals surface area (Å²) in [6, 6.07) is 31.0. The van der Waals surface area contributed by atoms with Gasteiger partial charge in [0.05, 0.1) is 24.5 Å². The predicted octanol–water partition coefficient (Wildman–Crippen LogP) is 6.34. The molecule has 58 heavy (non-hydrogen) atoms. The zero-order chi connectivity index (χ0) is 40.9. The normalized spacial score (nSPS) is 13.4. The van der Waals surface area contributed by atoms with Crippen molar-refractivity contribution in [2.75, 3.05) is 16.8 Å². The van der Waals surface area contributed by atoms with Crippen LogP contribution in [0.15, 0.2) is 97.1 Å². The van der Waals surface area contributed by atoms with E-state index < -0.39 is 17.8 Å². The number of hydrogen-bond donors (Lipinski definition) is 1. The van der Waals surface area contributed by atoms with Crippen molar-refractivity contribution in [3.8, 4) is 23.7 Å². The van der Waals surface area contributed by atoms with Gasteiger partial charge in [-0.05, 0) is 73.2 Å². The maximum Gasteiger partial charge on any atom is 0.333 e. The Morgan fingerprint density at radius 1 is 0.552 bits per heavy atom. The van der Waals surface area contributed by atoms with Crippen molar-refractivity contribution in [3.63, 3.8) is 0 Å². The highest BCUT2D eigenvalue weighted by Gasteiger charge is 2.32. The Hall–Kier alpha value is -6.98. The van der Waals surface area contributed by atoms with Crippen LogP contribution >= 0.6 is 0 Å². The van der Waals surface area contributed by atoms with Crippen LogP contribution in [-0.4, -0.2) is 47.6 Å². The van der Waals surface area contributed by atoms with Crippen LogP contribution in [0.25, 0.3) is 0 Å². The number of rotatable bonds is 11. The van der Waals surface area contributed by atoms with Crippen LogP contribution in [0.3, 0.4) is 0 Å². The summed E-state index contributed by atoms with van der Waals surface area (Å²) in [6.07, 6.45) is 3.55. The van der Waals surface area contributed by atoms with E-state index in [4.69, 9.17) is 4.84 Å². The lowest BCUT2D eigenvalue weighted by molar-refractivity contribution is -0.197. The van der Waals surface area contributed by atoms with E-state index in [0.29, 0.717) is 56.7 Å². The maximum atomic E-state index is 13.1. The average Bonchev–Trinajstić information content (AvgIpc) is 3.54. The number of nitrogens with one attached hydrogen (secondary N) is 1. The van der Waals surface area contributed by atoms with Crippen LogP contribution in [0.1, 0.15) is 97.6 Å². The Kier molecular flexibility index (Phi) is 13.8. The number of carbonyl (C=O) groups excluding carboxylic acids is 6. The molecule has 7 rings (SSSR count). The van der Waals surface area contributed by atoms with Crippen molar-refractivity contribution in [1.82, 2.24) is 10.4 Å². The number of carbonyl (C=O) groups is 6. The van der Waals surface area contributed by atoms with Gasteiger partial charge in [-0.2, -0.15) is 0 Å². The van der Waals surface area contributed by atoms with E-state index in [2.05, 4.69) is 29.0 Å². The van der Waals surface area contributed by atoms with Gasteiger partial charge in [0.15, 0.2) is 0 Å². The van der Waals surface area contributed by atoms with Gasteiger partial charge in [-0.3, -0.25) is 24.0 Å². The van der Waals surface area contributed by atoms with E-state index in [1.54, 1.807) is 11.9 Å². The fraction of sp³-hybridized carbons (Fsp3) is 0.277. The van der Waals surface area contributed by atoms with Crippen molar-refractivity contribution < 1.29 is 33.6 Å². The zero-order valence-electron chi connectivity index (χ0n) is 32.4. The Bertz CT molecular complexity index is 2330. The molecule has 0 spiro atoms. The van der Waals surface area contributed by atoms with Gasteiger partial charge in [0, 0.05) is 67.8 Å². The third-order valence-corrected chi connectivity index (χ3v) is 9.89. The Balaban J connectivity index is 0.000000200. The van der Waals surface area contributed by atoms with Crippen LogP contribution < -0.4 is 15.1 Å². The molecule has 4 aromatic rings. The summed E-state index contributed by atoms with van der Waals surface area (Å²) in [6.45, 7) is 0.929. The fourth-order valence-electron chi connectivity index (χ4n) is 6.72. The van der Waals surface area contributed by atoms with Crippen molar-refractivity contribution in [2.45, 2.75) is 77.3 Å². The second kappa shape index (κ2) is 19.7. The molecule has 1 fully saturated rings. The van der Waals surface area contributed by atoms with Crippen molar-refractivity contribution in [1.29, 1.82) is 0 Å². The van der Waals surface area contributed by atoms with E-state index in [-0.39, 0.29) is 43.4 Å². The van der Waals surface area contributed by atoms with Gasteiger partial charge in [0.2, 0.25) is 17.7 Å². The SMILES string of the molecule is CNC(=O)CCCCC(=O)N1Cc2ccccc2C#Cc2ccccc21.O=C(CCCCC(=O)N1Cc2ccccc2C#Cc2ccccc21)ON1C(=O)CCC1=O. The molecule has 3 heterocycles. The molecule has 0 saturated carbocycles. The second-order valence-electron chi connectivity index (χ2n) is 13.9. The van der Waals surface area contributed by atoms with E-state index >= 15 is 0 Å². The molecule has 5 amide bonds. The Morgan fingerprint density at radius 2 is 0.948 bits per heavy atom. The summed E-state index contributed by atoms with van der Waals surface area (Å²) in [5, 5.41) is 3.15. The van der Waals surface area contributed by atoms with Gasteiger partial charge < -0.3 is 20.0 Å². The van der Waals surface area contributed by atoms with Crippen LogP contribution in [0.4, 0.5) is 11.4 Å². The quantitative estimate of drug-likeness (QED) is 0.107. The van der Waals surface area contributed by atoms with Crippen molar-refractivity contribution in [2.24, 2.45) is 0 Å². The number of imide groups is 1. The topological polar surface area (TPSA) is 133 Å². The number of fused-ring (bicyclic) bond motifs is 4. The predicted molar refractivity (Wildman–Crippen MR) is 218 cm³/mol. The van der Waals surface area contributed by atoms with Crippen LogP contribution in [0.2, 0.25) is 0 Å². The highest BCUT2D eigenvalue weighted by molar-refractivity contribution is 6.01. The third kappa shape index (κ3) is 10.4. The Labute approximate surface area is 338 Å². The van der Waals surface area contributed by atoms with E-state index in [1.807, 2.05) is 102 Å². The van der Waals surface area contributed by atoms with E-state index in [0.717, 1.165) is 44.8 Å². The smallest absolute Gasteiger partial charge is 0.333 e. The number of benzene rings is 4. The second-order valence-corrected chi connectivity index (χ2v) is 13.9. The minimum Gasteiger partial charge on any atom is -0.359 e. The molecule has 0 unspecified atom stereocenters. The zero-order valence-corrected chi connectivity index (χ0v) is 32.4. The molecule has 0 atom stereocenters. The first kappa shape index (κ1) is 40.7. The first-order valence-corrected chi connectivity index (χ1v) is 19.5. The van der Waals surface area contributed by atoms with Gasteiger partial charge in [-0.1, -0.05) is 84.3 Å². The Morgan fingerprint density at radius 3 is 1.43 bits per heavy atom. The number of hydroxylamine groups is 2. The summed E-state index contributed by atoms with van der Waals surface area (Å²) in [5.74, 6) is 11.1. The summed E-state index contributed by atoms with van der Waals surface area (Å²) in [5.41, 5.74) is 7.16. The van der Waals surface area contributed by atoms with Crippen molar-refractivity contribution in [3.05, 3.63) is 130 Å². The summed E-state index contributed by atoms with van der Waals surface area (Å²) >= 11 is 0. The lowest BCUT2D eigenvalue weighted by Crippen LogP contribution is -2.32. The minimum atomic E-state index is -0.651. The molecule has 4 aromatic carbocycles. The van der Waals surface area contributed by atoms with Gasteiger partial charge in [-0.25, -0.2) is 4.79 Å². The van der Waals surface area contributed by atoms with Gasteiger partial charge in [-0.15, -0.1) is 5.06 Å². The van der Waals surface area contributed by atoms with Crippen LogP contribution in [-0.2, 0) is 46.7 Å². The summed E-state index contributed by atoms with van der Waals surface area (Å²) in [7, 11) is 1.63. The average molecular weight is 777 g/mol. The molecular formula is C47H44N4O7. The number of nitrogens with zero attached hydrogens (tertiary/aromatic N) is 3. The molecule has 11 heteroatoms. The number of hydrogen-bond acceptors (Lipinski definition) is 7. The molecule has 0 bridgehead atoms. The van der Waals surface area contributed by atoms with Gasteiger partial charge in [0.25, 0.3) is 11.8 Å². The first-order valence-electron chi connectivity index (χ1n) is 19.5. The number of anilines is 2. The lowest BCUT2D eigenvalue weighted by atomic mass is 10.0. The first-order chi connectivity index (χ1) is 28.2. The number of unbranched alkanes of at least 4 members (excludes halogenated alkanes) is 2. The molecule has 3 aliphatic rings. The molecule has 11 nitrogen and oxygen atoms in total. The monoisotopic (exact) mass is 776 g/mol. The highest BCUT2D eigenvalue weighted by Crippen LogP contribution is 2.28. The molecule has 0 radical (unpaired) electrons. The molecule has 0 aliphatic carbocycles. The minimum absolute atomic E-state index is 0.0123. The largest absolute Gasteiger partial charge is 0.359 e. The molecule has 294 valence electrons. The standard InChI is InChI=1S/C25H22N2O5.C22H22N2O2/c28-22(11-5-6-12-25(31)32-27-23(29)15-16-24(27)30)26-17-20-9-2-1-7-18(20)13-14-19-8-3-4-10-21(19)26;1-23-21(25)12-6-7-13-22(26)24-16-19-10-3-2-8-17(19)14-15-18-9-4-5-11-20(18)24/h1-4,7-10H,5-6,11-12,15-17H2;2-5,8-11H,6-7,12-13,16H2,1H3,(H,23,25). The molecule has 0 aromatic heterocycles. The number of para-hydroxylation sites is 2. The maximum absolute atomic E-state index is 13.1. The van der Waals surface area contributed by atoms with Crippen molar-refractivity contribution >= 4 is 46.9 Å². The van der Waals surface area contributed by atoms with E-state index in [1.165, 1.54) is 0 Å². The van der Waals surface area contributed by atoms with Crippen LogP contribution in [0.5, 0.6) is 0 Å². The van der Waals surface area contributed by atoms with Gasteiger partial charge in [0.1, 0.15) is 0 Å². The summed E-state index contributed by atoms with van der Waals surface area (Å²) < 4.78 is 0. The third-order valence-electron chi connectivity index (χ3n) is 9.89. The molecule has 1 saturated heterocycles.